The van der Waals surface area contributed by atoms with Gasteiger partial charge in [-0.2, -0.15) is 0 Å². The van der Waals surface area contributed by atoms with Crippen LogP contribution in [0.5, 0.6) is 0 Å². The lowest BCUT2D eigenvalue weighted by molar-refractivity contribution is 1.14. The number of nitrogen functional groups attached to an aromatic ring is 1. The van der Waals surface area contributed by atoms with Crippen LogP contribution >= 0.6 is 11.3 Å². The second-order valence-electron chi connectivity index (χ2n) is 3.16. The van der Waals surface area contributed by atoms with E-state index in [4.69, 9.17) is 5.73 Å². The highest BCUT2D eigenvalue weighted by Crippen LogP contribution is 2.20. The molecular weight excluding hydrogens is 222 g/mol. The first-order chi connectivity index (χ1) is 7.83. The van der Waals surface area contributed by atoms with Crippen LogP contribution in [-0.2, 0) is 0 Å². The summed E-state index contributed by atoms with van der Waals surface area (Å²) in [7, 11) is 0. The second kappa shape index (κ2) is 3.49. The fourth-order valence-corrected chi connectivity index (χ4v) is 2.08. The molecule has 0 saturated carbocycles. The molecule has 16 heavy (non-hydrogen) atoms. The fraction of sp³-hybridized carbons (Fsp3) is 0. The summed E-state index contributed by atoms with van der Waals surface area (Å²) in [6.07, 6.45) is 3.39. The molecule has 5 nitrogen and oxygen atoms in total. The van der Waals surface area contributed by atoms with Crippen LogP contribution in [0.3, 0.4) is 0 Å². The third-order valence-electron chi connectivity index (χ3n) is 2.11. The fourth-order valence-electron chi connectivity index (χ4n) is 1.39. The molecule has 0 radical (unpaired) electrons. The molecule has 3 aromatic heterocycles. The maximum Gasteiger partial charge on any atom is 0.220 e. The van der Waals surface area contributed by atoms with Crippen molar-refractivity contribution in [3.8, 4) is 11.5 Å². The van der Waals surface area contributed by atoms with E-state index in [9.17, 15) is 0 Å². The van der Waals surface area contributed by atoms with E-state index in [2.05, 4.69) is 19.9 Å². The van der Waals surface area contributed by atoms with Crippen LogP contribution in [0.2, 0.25) is 0 Å². The molecule has 3 heterocycles. The standard InChI is InChI=1S/C10H7N5S/c11-10-12-3-1-7(15-10)9-13-5-8-6(14-9)2-4-16-8/h1-5H,(H2,11,12,15). The van der Waals surface area contributed by atoms with Gasteiger partial charge in [0.25, 0.3) is 0 Å². The third-order valence-corrected chi connectivity index (χ3v) is 2.95. The molecule has 0 aliphatic rings. The van der Waals surface area contributed by atoms with E-state index < -0.39 is 0 Å². The second-order valence-corrected chi connectivity index (χ2v) is 4.11. The van der Waals surface area contributed by atoms with Crippen LogP contribution in [0.15, 0.2) is 29.9 Å². The third kappa shape index (κ3) is 1.49. The molecule has 0 unspecified atom stereocenters. The van der Waals surface area contributed by atoms with E-state index in [1.54, 1.807) is 29.8 Å². The summed E-state index contributed by atoms with van der Waals surface area (Å²) < 4.78 is 1.06. The zero-order valence-corrected chi connectivity index (χ0v) is 8.98. The van der Waals surface area contributed by atoms with Gasteiger partial charge in [0.05, 0.1) is 10.2 Å². The van der Waals surface area contributed by atoms with Crippen molar-refractivity contribution in [2.75, 3.05) is 5.73 Å². The van der Waals surface area contributed by atoms with E-state index in [1.807, 2.05) is 11.4 Å². The quantitative estimate of drug-likeness (QED) is 0.687. The number of nitrogens with zero attached hydrogens (tertiary/aromatic N) is 4. The molecule has 2 N–H and O–H groups in total. The Kier molecular flexibility index (Phi) is 2.00. The van der Waals surface area contributed by atoms with Gasteiger partial charge in [-0.15, -0.1) is 11.3 Å². The number of rotatable bonds is 1. The lowest BCUT2D eigenvalue weighted by Gasteiger charge is -1.99. The predicted molar refractivity (Wildman–Crippen MR) is 62.9 cm³/mol. The van der Waals surface area contributed by atoms with Crippen molar-refractivity contribution in [1.29, 1.82) is 0 Å². The first kappa shape index (κ1) is 9.17. The largest absolute Gasteiger partial charge is 0.368 e. The number of nitrogens with two attached hydrogens (primary N) is 1. The van der Waals surface area contributed by atoms with Gasteiger partial charge in [0, 0.05) is 12.4 Å². The van der Waals surface area contributed by atoms with Crippen molar-refractivity contribution < 1.29 is 0 Å². The summed E-state index contributed by atoms with van der Waals surface area (Å²) in [4.78, 5) is 16.6. The molecule has 3 rings (SSSR count). The normalized spacial score (nSPS) is 10.8. The summed E-state index contributed by atoms with van der Waals surface area (Å²) in [6.45, 7) is 0. The van der Waals surface area contributed by atoms with Crippen molar-refractivity contribution >= 4 is 27.5 Å². The van der Waals surface area contributed by atoms with Gasteiger partial charge in [0.2, 0.25) is 5.95 Å². The van der Waals surface area contributed by atoms with Crippen molar-refractivity contribution in [3.05, 3.63) is 29.9 Å². The number of fused-ring (bicyclic) bond motifs is 1. The van der Waals surface area contributed by atoms with E-state index in [-0.39, 0.29) is 5.95 Å². The van der Waals surface area contributed by atoms with Crippen molar-refractivity contribution in [3.63, 3.8) is 0 Å². The molecule has 0 aliphatic carbocycles. The molecule has 0 amide bonds. The topological polar surface area (TPSA) is 77.6 Å². The smallest absolute Gasteiger partial charge is 0.220 e. The molecule has 0 saturated heterocycles. The SMILES string of the molecule is Nc1nccc(-c2ncc3sccc3n2)n1. The van der Waals surface area contributed by atoms with E-state index in [1.165, 1.54) is 0 Å². The zero-order chi connectivity index (χ0) is 11.0. The predicted octanol–water partition coefficient (Wildman–Crippen LogP) is 1.73. The highest BCUT2D eigenvalue weighted by atomic mass is 32.1. The summed E-state index contributed by atoms with van der Waals surface area (Å²) in [5, 5.41) is 1.98. The molecular formula is C10H7N5S. The molecule has 0 aromatic carbocycles. The highest BCUT2D eigenvalue weighted by Gasteiger charge is 2.05. The van der Waals surface area contributed by atoms with E-state index in [0.717, 1.165) is 10.2 Å². The van der Waals surface area contributed by atoms with Crippen molar-refractivity contribution in [2.24, 2.45) is 0 Å². The van der Waals surface area contributed by atoms with Crippen LogP contribution in [0.4, 0.5) is 5.95 Å². The Morgan fingerprint density at radius 2 is 2.06 bits per heavy atom. The molecule has 0 aliphatic heterocycles. The summed E-state index contributed by atoms with van der Waals surface area (Å²) >= 11 is 1.61. The highest BCUT2D eigenvalue weighted by molar-refractivity contribution is 7.17. The van der Waals surface area contributed by atoms with Crippen LogP contribution in [0.25, 0.3) is 21.7 Å². The van der Waals surface area contributed by atoms with Crippen molar-refractivity contribution in [2.45, 2.75) is 0 Å². The molecule has 0 spiro atoms. The summed E-state index contributed by atoms with van der Waals surface area (Å²) in [5.74, 6) is 0.798. The van der Waals surface area contributed by atoms with Crippen LogP contribution < -0.4 is 5.73 Å². The monoisotopic (exact) mass is 229 g/mol. The van der Waals surface area contributed by atoms with Gasteiger partial charge < -0.3 is 5.73 Å². The minimum absolute atomic E-state index is 0.228. The van der Waals surface area contributed by atoms with E-state index in [0.29, 0.717) is 11.5 Å². The minimum Gasteiger partial charge on any atom is -0.368 e. The number of hydrogen-bond acceptors (Lipinski definition) is 6. The Morgan fingerprint density at radius 3 is 2.94 bits per heavy atom. The lowest BCUT2D eigenvalue weighted by Crippen LogP contribution is -1.97. The van der Waals surface area contributed by atoms with Crippen LogP contribution in [0.1, 0.15) is 0 Å². The first-order valence-corrected chi connectivity index (χ1v) is 5.50. The Hall–Kier alpha value is -2.08. The molecule has 0 fully saturated rings. The molecule has 3 aromatic rings. The molecule has 0 atom stereocenters. The van der Waals surface area contributed by atoms with Gasteiger partial charge >= 0.3 is 0 Å². The van der Waals surface area contributed by atoms with Gasteiger partial charge in [0.1, 0.15) is 5.69 Å². The van der Waals surface area contributed by atoms with Crippen LogP contribution in [0, 0.1) is 0 Å². The lowest BCUT2D eigenvalue weighted by atomic mass is 10.3. The van der Waals surface area contributed by atoms with Crippen LogP contribution in [-0.4, -0.2) is 19.9 Å². The number of hydrogen-bond donors (Lipinski definition) is 1. The molecule has 78 valence electrons. The summed E-state index contributed by atoms with van der Waals surface area (Å²) in [6, 6.07) is 3.69. The van der Waals surface area contributed by atoms with E-state index >= 15 is 0 Å². The molecule has 0 bridgehead atoms. The Bertz CT molecular complexity index is 648. The van der Waals surface area contributed by atoms with Gasteiger partial charge in [-0.3, -0.25) is 0 Å². The van der Waals surface area contributed by atoms with Gasteiger partial charge in [-0.05, 0) is 17.5 Å². The Morgan fingerprint density at radius 1 is 1.12 bits per heavy atom. The minimum atomic E-state index is 0.228. The van der Waals surface area contributed by atoms with Crippen molar-refractivity contribution in [1.82, 2.24) is 19.9 Å². The molecule has 6 heteroatoms. The number of thiophene rings is 1. The average Bonchev–Trinajstić information content (AvgIpc) is 2.75. The van der Waals surface area contributed by atoms with Gasteiger partial charge in [0.15, 0.2) is 5.82 Å². The maximum atomic E-state index is 5.51. The first-order valence-electron chi connectivity index (χ1n) is 4.62. The number of anilines is 1. The Labute approximate surface area is 95.0 Å². The maximum absolute atomic E-state index is 5.51. The zero-order valence-electron chi connectivity index (χ0n) is 8.16. The van der Waals surface area contributed by atoms with Gasteiger partial charge in [-0.1, -0.05) is 0 Å². The Balaban J connectivity index is 2.18. The average molecular weight is 229 g/mol. The van der Waals surface area contributed by atoms with Gasteiger partial charge in [-0.25, -0.2) is 19.9 Å². The summed E-state index contributed by atoms with van der Waals surface area (Å²) in [5.41, 5.74) is 7.08. The number of aromatic nitrogens is 4.